The summed E-state index contributed by atoms with van der Waals surface area (Å²) < 4.78 is 27.4. The highest BCUT2D eigenvalue weighted by molar-refractivity contribution is 7.89. The standard InChI is InChI=1S/C15H19N3O4S/c16-23(20,21)14-5-3-12(4-6-14)7-8-17-11-15(19)18-10-13-2-1-9-22-13/h1-6,9,17H,7-8,10-11H2,(H,18,19)(H2,16,20,21). The summed E-state index contributed by atoms with van der Waals surface area (Å²) in [5.41, 5.74) is 0.959. The van der Waals surface area contributed by atoms with E-state index in [1.165, 1.54) is 12.1 Å². The van der Waals surface area contributed by atoms with Gasteiger partial charge < -0.3 is 15.1 Å². The maximum atomic E-state index is 11.6. The highest BCUT2D eigenvalue weighted by Gasteiger charge is 2.06. The molecule has 0 fully saturated rings. The van der Waals surface area contributed by atoms with Crippen molar-refractivity contribution in [2.24, 2.45) is 5.14 Å². The van der Waals surface area contributed by atoms with Crippen LogP contribution in [0.4, 0.5) is 0 Å². The highest BCUT2D eigenvalue weighted by atomic mass is 32.2. The summed E-state index contributed by atoms with van der Waals surface area (Å²) in [5.74, 6) is 0.583. The minimum Gasteiger partial charge on any atom is -0.467 e. The van der Waals surface area contributed by atoms with Crippen molar-refractivity contribution in [3.63, 3.8) is 0 Å². The lowest BCUT2D eigenvalue weighted by atomic mass is 10.1. The molecule has 0 atom stereocenters. The molecule has 0 unspecified atom stereocenters. The van der Waals surface area contributed by atoms with Gasteiger partial charge in [-0.15, -0.1) is 0 Å². The van der Waals surface area contributed by atoms with Crippen molar-refractivity contribution in [1.29, 1.82) is 0 Å². The summed E-state index contributed by atoms with van der Waals surface area (Å²) in [5, 5.41) is 10.8. The topological polar surface area (TPSA) is 114 Å². The number of carbonyl (C=O) groups excluding carboxylic acids is 1. The minimum atomic E-state index is -3.66. The molecule has 0 radical (unpaired) electrons. The van der Waals surface area contributed by atoms with E-state index in [1.54, 1.807) is 30.5 Å². The fraction of sp³-hybridized carbons (Fsp3) is 0.267. The zero-order valence-electron chi connectivity index (χ0n) is 12.5. The molecule has 0 spiro atoms. The van der Waals surface area contributed by atoms with Gasteiger partial charge >= 0.3 is 0 Å². The largest absolute Gasteiger partial charge is 0.467 e. The van der Waals surface area contributed by atoms with Crippen LogP contribution in [-0.2, 0) is 27.8 Å². The van der Waals surface area contributed by atoms with Gasteiger partial charge in [-0.3, -0.25) is 4.79 Å². The molecular formula is C15H19N3O4S. The number of primary sulfonamides is 1. The predicted octanol–water partition coefficient (Wildman–Crippen LogP) is 0.376. The van der Waals surface area contributed by atoms with E-state index in [4.69, 9.17) is 9.56 Å². The first-order chi connectivity index (χ1) is 10.9. The molecule has 0 saturated heterocycles. The Morgan fingerprint density at radius 3 is 2.52 bits per heavy atom. The van der Waals surface area contributed by atoms with Gasteiger partial charge in [-0.2, -0.15) is 0 Å². The maximum absolute atomic E-state index is 11.6. The van der Waals surface area contributed by atoms with Crippen LogP contribution in [-0.4, -0.2) is 27.4 Å². The zero-order valence-corrected chi connectivity index (χ0v) is 13.3. The van der Waals surface area contributed by atoms with Crippen LogP contribution in [0.25, 0.3) is 0 Å². The Bertz CT molecular complexity index is 725. The fourth-order valence-electron chi connectivity index (χ4n) is 1.94. The Morgan fingerprint density at radius 2 is 1.91 bits per heavy atom. The molecule has 0 saturated carbocycles. The van der Waals surface area contributed by atoms with Crippen molar-refractivity contribution < 1.29 is 17.6 Å². The Hall–Kier alpha value is -2.16. The quantitative estimate of drug-likeness (QED) is 0.602. The Kier molecular flexibility index (Phi) is 5.91. The molecule has 0 aliphatic heterocycles. The Labute approximate surface area is 134 Å². The lowest BCUT2D eigenvalue weighted by Gasteiger charge is -2.06. The van der Waals surface area contributed by atoms with E-state index in [0.29, 0.717) is 25.3 Å². The maximum Gasteiger partial charge on any atom is 0.238 e. The molecule has 7 nitrogen and oxygen atoms in total. The van der Waals surface area contributed by atoms with Crippen molar-refractivity contribution >= 4 is 15.9 Å². The van der Waals surface area contributed by atoms with Crippen LogP contribution in [0.1, 0.15) is 11.3 Å². The lowest BCUT2D eigenvalue weighted by Crippen LogP contribution is -2.34. The van der Waals surface area contributed by atoms with E-state index >= 15 is 0 Å². The zero-order chi connectivity index (χ0) is 16.7. The summed E-state index contributed by atoms with van der Waals surface area (Å²) in [6.07, 6.45) is 2.23. The van der Waals surface area contributed by atoms with Crippen LogP contribution < -0.4 is 15.8 Å². The van der Waals surface area contributed by atoms with Crippen molar-refractivity contribution in [3.8, 4) is 0 Å². The number of rotatable bonds is 8. The molecular weight excluding hydrogens is 318 g/mol. The number of benzene rings is 1. The third-order valence-corrected chi connectivity index (χ3v) is 4.10. The molecule has 4 N–H and O–H groups in total. The first-order valence-electron chi connectivity index (χ1n) is 7.07. The summed E-state index contributed by atoms with van der Waals surface area (Å²) in [7, 11) is -3.66. The van der Waals surface area contributed by atoms with Crippen LogP contribution in [0.2, 0.25) is 0 Å². The van der Waals surface area contributed by atoms with E-state index < -0.39 is 10.0 Å². The smallest absolute Gasteiger partial charge is 0.238 e. The van der Waals surface area contributed by atoms with Gasteiger partial charge in [0.05, 0.1) is 24.2 Å². The fourth-order valence-corrected chi connectivity index (χ4v) is 2.46. The third kappa shape index (κ3) is 5.85. The first kappa shape index (κ1) is 17.2. The molecule has 0 bridgehead atoms. The number of hydrogen-bond acceptors (Lipinski definition) is 5. The Balaban J connectivity index is 1.66. The van der Waals surface area contributed by atoms with Crippen LogP contribution in [0.3, 0.4) is 0 Å². The second-order valence-corrected chi connectivity index (χ2v) is 6.53. The molecule has 1 aromatic carbocycles. The number of furan rings is 1. The van der Waals surface area contributed by atoms with Gasteiger partial charge in [-0.1, -0.05) is 12.1 Å². The van der Waals surface area contributed by atoms with Crippen molar-refractivity contribution in [2.75, 3.05) is 13.1 Å². The molecule has 1 amide bonds. The highest BCUT2D eigenvalue weighted by Crippen LogP contribution is 2.08. The molecule has 0 aliphatic rings. The monoisotopic (exact) mass is 337 g/mol. The average molecular weight is 337 g/mol. The molecule has 8 heteroatoms. The second-order valence-electron chi connectivity index (χ2n) is 4.97. The van der Waals surface area contributed by atoms with E-state index in [-0.39, 0.29) is 17.3 Å². The summed E-state index contributed by atoms with van der Waals surface area (Å²) >= 11 is 0. The van der Waals surface area contributed by atoms with Crippen molar-refractivity contribution in [3.05, 3.63) is 54.0 Å². The first-order valence-corrected chi connectivity index (χ1v) is 8.61. The minimum absolute atomic E-state index is 0.0894. The number of sulfonamides is 1. The molecule has 1 heterocycles. The molecule has 23 heavy (non-hydrogen) atoms. The molecule has 1 aromatic heterocycles. The predicted molar refractivity (Wildman–Crippen MR) is 84.9 cm³/mol. The Morgan fingerprint density at radius 1 is 1.17 bits per heavy atom. The number of nitrogens with one attached hydrogen (secondary N) is 2. The SMILES string of the molecule is NS(=O)(=O)c1ccc(CCNCC(=O)NCc2ccco2)cc1. The van der Waals surface area contributed by atoms with Crippen LogP contribution in [0.15, 0.2) is 52.0 Å². The van der Waals surface area contributed by atoms with Crippen LogP contribution in [0, 0.1) is 0 Å². The number of hydrogen-bond donors (Lipinski definition) is 3. The summed E-state index contributed by atoms with van der Waals surface area (Å²) in [6, 6.07) is 9.91. The van der Waals surface area contributed by atoms with Gasteiger partial charge in [-0.05, 0) is 42.8 Å². The number of nitrogens with two attached hydrogens (primary N) is 1. The summed E-state index contributed by atoms with van der Waals surface area (Å²) in [4.78, 5) is 11.7. The number of amides is 1. The van der Waals surface area contributed by atoms with Gasteiger partial charge in [0.15, 0.2) is 0 Å². The summed E-state index contributed by atoms with van der Waals surface area (Å²) in [6.45, 7) is 1.17. The second kappa shape index (κ2) is 7.91. The molecule has 2 aromatic rings. The average Bonchev–Trinajstić information content (AvgIpc) is 3.02. The lowest BCUT2D eigenvalue weighted by molar-refractivity contribution is -0.120. The van der Waals surface area contributed by atoms with Gasteiger partial charge in [0, 0.05) is 0 Å². The van der Waals surface area contributed by atoms with E-state index in [9.17, 15) is 13.2 Å². The van der Waals surface area contributed by atoms with E-state index in [2.05, 4.69) is 10.6 Å². The molecule has 2 rings (SSSR count). The normalized spacial score (nSPS) is 11.3. The van der Waals surface area contributed by atoms with Gasteiger partial charge in [0.1, 0.15) is 5.76 Å². The van der Waals surface area contributed by atoms with Gasteiger partial charge in [-0.25, -0.2) is 13.6 Å². The van der Waals surface area contributed by atoms with Crippen LogP contribution in [0.5, 0.6) is 0 Å². The van der Waals surface area contributed by atoms with Gasteiger partial charge in [0.2, 0.25) is 15.9 Å². The molecule has 124 valence electrons. The van der Waals surface area contributed by atoms with Crippen LogP contribution >= 0.6 is 0 Å². The number of carbonyl (C=O) groups is 1. The van der Waals surface area contributed by atoms with Crippen molar-refractivity contribution in [1.82, 2.24) is 10.6 Å². The third-order valence-electron chi connectivity index (χ3n) is 3.17. The molecule has 0 aliphatic carbocycles. The van der Waals surface area contributed by atoms with E-state index in [0.717, 1.165) is 5.56 Å². The van der Waals surface area contributed by atoms with E-state index in [1.807, 2.05) is 0 Å². The van der Waals surface area contributed by atoms with Gasteiger partial charge in [0.25, 0.3) is 0 Å². The van der Waals surface area contributed by atoms with Crippen molar-refractivity contribution in [2.45, 2.75) is 17.9 Å².